The van der Waals surface area contributed by atoms with E-state index in [0.29, 0.717) is 18.7 Å². The summed E-state index contributed by atoms with van der Waals surface area (Å²) in [5.41, 5.74) is 8.47. The van der Waals surface area contributed by atoms with Gasteiger partial charge in [-0.1, -0.05) is 42.5 Å². The minimum Gasteiger partial charge on any atom is -0.372 e. The topological polar surface area (TPSA) is 35.2 Å². The van der Waals surface area contributed by atoms with Gasteiger partial charge in [0.25, 0.3) is 0 Å². The number of hydrogen-bond donors (Lipinski definition) is 1. The Bertz CT molecular complexity index is 528. The maximum absolute atomic E-state index is 13.4. The molecule has 2 nitrogen and oxygen atoms in total. The summed E-state index contributed by atoms with van der Waals surface area (Å²) in [5.74, 6) is -0.224. The highest BCUT2D eigenvalue weighted by Gasteiger charge is 2.03. The van der Waals surface area contributed by atoms with Gasteiger partial charge in [-0.15, -0.1) is 0 Å². The Kier molecular flexibility index (Phi) is 5.07. The van der Waals surface area contributed by atoms with Crippen molar-refractivity contribution in [1.29, 1.82) is 0 Å². The molecule has 3 heteroatoms. The standard InChI is InChI=1S/C16H18FNO/c17-16-8-4-3-7-15(16)12-19-11-14-6-2-1-5-13(14)9-10-18/h1-8H,9-12,18H2. The molecule has 0 saturated carbocycles. The van der Waals surface area contributed by atoms with Crippen molar-refractivity contribution in [2.75, 3.05) is 6.54 Å². The smallest absolute Gasteiger partial charge is 0.128 e. The second kappa shape index (κ2) is 7.02. The molecule has 0 aromatic heterocycles. The van der Waals surface area contributed by atoms with Gasteiger partial charge in [-0.3, -0.25) is 0 Å². The van der Waals surface area contributed by atoms with Crippen molar-refractivity contribution in [2.45, 2.75) is 19.6 Å². The van der Waals surface area contributed by atoms with Crippen LogP contribution in [0.3, 0.4) is 0 Å². The van der Waals surface area contributed by atoms with Crippen molar-refractivity contribution >= 4 is 0 Å². The Balaban J connectivity index is 1.94. The zero-order valence-electron chi connectivity index (χ0n) is 10.8. The lowest BCUT2D eigenvalue weighted by Gasteiger charge is -2.10. The van der Waals surface area contributed by atoms with Crippen LogP contribution >= 0.6 is 0 Å². The van der Waals surface area contributed by atoms with Crippen LogP contribution in [0.2, 0.25) is 0 Å². The molecule has 0 bridgehead atoms. The number of ether oxygens (including phenoxy) is 1. The number of rotatable bonds is 6. The predicted octanol–water partition coefficient (Wildman–Crippen LogP) is 3.04. The quantitative estimate of drug-likeness (QED) is 0.865. The zero-order chi connectivity index (χ0) is 13.5. The summed E-state index contributed by atoms with van der Waals surface area (Å²) in [6, 6.07) is 14.7. The van der Waals surface area contributed by atoms with Gasteiger partial charge < -0.3 is 10.5 Å². The van der Waals surface area contributed by atoms with E-state index >= 15 is 0 Å². The van der Waals surface area contributed by atoms with Gasteiger partial charge in [0.2, 0.25) is 0 Å². The van der Waals surface area contributed by atoms with Gasteiger partial charge in [-0.05, 0) is 30.2 Å². The molecule has 19 heavy (non-hydrogen) atoms. The highest BCUT2D eigenvalue weighted by Crippen LogP contribution is 2.13. The van der Waals surface area contributed by atoms with E-state index in [2.05, 4.69) is 6.07 Å². The van der Waals surface area contributed by atoms with Crippen molar-refractivity contribution in [3.63, 3.8) is 0 Å². The summed E-state index contributed by atoms with van der Waals surface area (Å²) in [6.45, 7) is 1.37. The van der Waals surface area contributed by atoms with Gasteiger partial charge in [0.1, 0.15) is 5.82 Å². The maximum Gasteiger partial charge on any atom is 0.128 e. The summed E-state index contributed by atoms with van der Waals surface area (Å²) in [4.78, 5) is 0. The summed E-state index contributed by atoms with van der Waals surface area (Å²) >= 11 is 0. The molecule has 0 aliphatic heterocycles. The first-order valence-corrected chi connectivity index (χ1v) is 6.39. The monoisotopic (exact) mass is 259 g/mol. The lowest BCUT2D eigenvalue weighted by molar-refractivity contribution is 0.104. The molecule has 0 unspecified atom stereocenters. The van der Waals surface area contributed by atoms with Crippen LogP contribution in [0.4, 0.5) is 4.39 Å². The van der Waals surface area contributed by atoms with Crippen molar-refractivity contribution in [3.05, 3.63) is 71.0 Å². The Hall–Kier alpha value is -1.71. The molecule has 100 valence electrons. The van der Waals surface area contributed by atoms with E-state index in [1.54, 1.807) is 12.1 Å². The minimum absolute atomic E-state index is 0.224. The van der Waals surface area contributed by atoms with Gasteiger partial charge in [-0.25, -0.2) is 4.39 Å². The third-order valence-electron chi connectivity index (χ3n) is 3.01. The van der Waals surface area contributed by atoms with Gasteiger partial charge >= 0.3 is 0 Å². The first-order chi connectivity index (χ1) is 9.31. The SMILES string of the molecule is NCCc1ccccc1COCc1ccccc1F. The van der Waals surface area contributed by atoms with E-state index in [-0.39, 0.29) is 12.4 Å². The van der Waals surface area contributed by atoms with Crippen molar-refractivity contribution in [1.82, 2.24) is 0 Å². The molecule has 2 N–H and O–H groups in total. The van der Waals surface area contributed by atoms with E-state index in [1.165, 1.54) is 11.6 Å². The average Bonchev–Trinajstić information content (AvgIpc) is 2.43. The molecule has 0 aliphatic rings. The molecule has 0 heterocycles. The molecule has 2 aromatic carbocycles. The van der Waals surface area contributed by atoms with Crippen LogP contribution in [0, 0.1) is 5.82 Å². The molecule has 0 spiro atoms. The normalized spacial score (nSPS) is 10.6. The van der Waals surface area contributed by atoms with E-state index in [0.717, 1.165) is 12.0 Å². The maximum atomic E-state index is 13.4. The third kappa shape index (κ3) is 3.88. The largest absolute Gasteiger partial charge is 0.372 e. The summed E-state index contributed by atoms with van der Waals surface area (Å²) < 4.78 is 19.0. The van der Waals surface area contributed by atoms with Crippen LogP contribution in [0.1, 0.15) is 16.7 Å². The van der Waals surface area contributed by atoms with Crippen LogP contribution in [-0.2, 0) is 24.4 Å². The zero-order valence-corrected chi connectivity index (χ0v) is 10.8. The highest BCUT2D eigenvalue weighted by molar-refractivity contribution is 5.26. The second-order valence-corrected chi connectivity index (χ2v) is 4.39. The Morgan fingerprint density at radius 3 is 2.11 bits per heavy atom. The summed E-state index contributed by atoms with van der Waals surface area (Å²) in [6.07, 6.45) is 0.833. The van der Waals surface area contributed by atoms with Gasteiger partial charge in [0.15, 0.2) is 0 Å². The lowest BCUT2D eigenvalue weighted by Crippen LogP contribution is -2.06. The molecule has 2 rings (SSSR count). The molecule has 0 atom stereocenters. The number of nitrogens with two attached hydrogens (primary N) is 1. The van der Waals surface area contributed by atoms with E-state index in [9.17, 15) is 4.39 Å². The van der Waals surface area contributed by atoms with E-state index in [1.807, 2.05) is 24.3 Å². The Morgan fingerprint density at radius 1 is 0.842 bits per heavy atom. The molecule has 0 amide bonds. The fourth-order valence-electron chi connectivity index (χ4n) is 1.98. The van der Waals surface area contributed by atoms with Crippen molar-refractivity contribution < 1.29 is 9.13 Å². The molecular weight excluding hydrogens is 241 g/mol. The fourth-order valence-corrected chi connectivity index (χ4v) is 1.98. The molecular formula is C16H18FNO. The van der Waals surface area contributed by atoms with Crippen LogP contribution in [0.15, 0.2) is 48.5 Å². The fraction of sp³-hybridized carbons (Fsp3) is 0.250. The molecule has 0 aliphatic carbocycles. The summed E-state index contributed by atoms with van der Waals surface area (Å²) in [5, 5.41) is 0. The van der Waals surface area contributed by atoms with Crippen LogP contribution in [0.25, 0.3) is 0 Å². The number of halogens is 1. The highest BCUT2D eigenvalue weighted by atomic mass is 19.1. The molecule has 0 fully saturated rings. The van der Waals surface area contributed by atoms with Gasteiger partial charge in [-0.2, -0.15) is 0 Å². The van der Waals surface area contributed by atoms with E-state index in [4.69, 9.17) is 10.5 Å². The van der Waals surface area contributed by atoms with Crippen LogP contribution < -0.4 is 5.73 Å². The van der Waals surface area contributed by atoms with Crippen LogP contribution in [-0.4, -0.2) is 6.54 Å². The predicted molar refractivity (Wildman–Crippen MR) is 74.1 cm³/mol. The number of benzene rings is 2. The van der Waals surface area contributed by atoms with Crippen molar-refractivity contribution in [2.24, 2.45) is 5.73 Å². The molecule has 0 radical (unpaired) electrons. The molecule has 0 saturated heterocycles. The third-order valence-corrected chi connectivity index (χ3v) is 3.01. The van der Waals surface area contributed by atoms with Crippen molar-refractivity contribution in [3.8, 4) is 0 Å². The first kappa shape index (κ1) is 13.7. The van der Waals surface area contributed by atoms with E-state index < -0.39 is 0 Å². The average molecular weight is 259 g/mol. The van der Waals surface area contributed by atoms with Gasteiger partial charge in [0.05, 0.1) is 13.2 Å². The summed E-state index contributed by atoms with van der Waals surface area (Å²) in [7, 11) is 0. The van der Waals surface area contributed by atoms with Gasteiger partial charge in [0, 0.05) is 5.56 Å². The lowest BCUT2D eigenvalue weighted by atomic mass is 10.1. The molecule has 2 aromatic rings. The van der Waals surface area contributed by atoms with Crippen LogP contribution in [0.5, 0.6) is 0 Å². The number of hydrogen-bond acceptors (Lipinski definition) is 2. The second-order valence-electron chi connectivity index (χ2n) is 4.39. The first-order valence-electron chi connectivity index (χ1n) is 6.39. The Morgan fingerprint density at radius 2 is 1.42 bits per heavy atom. The minimum atomic E-state index is -0.224. The Labute approximate surface area is 113 Å².